The van der Waals surface area contributed by atoms with Crippen LogP contribution < -0.4 is 9.47 Å². The molecule has 1 saturated heterocycles. The van der Waals surface area contributed by atoms with Crippen LogP contribution in [0.1, 0.15) is 12.0 Å². The molecule has 1 heterocycles. The fourth-order valence-corrected chi connectivity index (χ4v) is 3.31. The first kappa shape index (κ1) is 22.9. The number of hydrogen-bond donors (Lipinski definition) is 1. The molecule has 0 saturated carbocycles. The van der Waals surface area contributed by atoms with Crippen molar-refractivity contribution in [3.63, 3.8) is 0 Å². The van der Waals surface area contributed by atoms with Crippen molar-refractivity contribution < 1.29 is 29.1 Å². The number of aromatic hydroxyl groups is 1. The van der Waals surface area contributed by atoms with Crippen LogP contribution in [0.3, 0.4) is 0 Å². The number of amides is 2. The van der Waals surface area contributed by atoms with Crippen molar-refractivity contribution in [2.45, 2.75) is 13.3 Å². The number of nitrogens with zero attached hydrogens (tertiary/aromatic N) is 3. The highest BCUT2D eigenvalue weighted by Crippen LogP contribution is 2.28. The molecule has 0 spiro atoms. The number of phenols is 1. The summed E-state index contributed by atoms with van der Waals surface area (Å²) in [7, 11) is 0. The molecule has 0 aliphatic carbocycles. The van der Waals surface area contributed by atoms with Gasteiger partial charge in [-0.3, -0.25) is 19.7 Å². The Morgan fingerprint density at radius 2 is 1.66 bits per heavy atom. The van der Waals surface area contributed by atoms with Crippen LogP contribution >= 0.6 is 0 Å². The number of nitro groups is 1. The molecule has 170 valence electrons. The number of hydrogen-bond acceptors (Lipinski definition) is 7. The van der Waals surface area contributed by atoms with E-state index >= 15 is 0 Å². The van der Waals surface area contributed by atoms with E-state index in [-0.39, 0.29) is 54.4 Å². The van der Waals surface area contributed by atoms with Crippen LogP contribution in [0.4, 0.5) is 5.69 Å². The molecule has 0 aromatic heterocycles. The minimum atomic E-state index is -0.511. The normalized spacial score (nSPS) is 13.5. The average Bonchev–Trinajstić information content (AvgIpc) is 2.79. The number of ether oxygens (including phenoxy) is 2. The monoisotopic (exact) mass is 443 g/mol. The van der Waals surface area contributed by atoms with Crippen molar-refractivity contribution in [2.24, 2.45) is 0 Å². The van der Waals surface area contributed by atoms with Gasteiger partial charge in [0.1, 0.15) is 0 Å². The third-order valence-corrected chi connectivity index (χ3v) is 5.09. The van der Waals surface area contributed by atoms with Crippen molar-refractivity contribution in [3.8, 4) is 17.2 Å². The topological polar surface area (TPSA) is 122 Å². The maximum atomic E-state index is 12.4. The molecule has 0 radical (unpaired) electrons. The molecule has 2 aromatic carbocycles. The number of phenolic OH excluding ortho intramolecular Hbond substituents is 1. The molecule has 0 bridgehead atoms. The summed E-state index contributed by atoms with van der Waals surface area (Å²) in [4.78, 5) is 38.7. The lowest BCUT2D eigenvalue weighted by molar-refractivity contribution is -0.385. The highest BCUT2D eigenvalue weighted by Gasteiger charge is 2.24. The Morgan fingerprint density at radius 3 is 2.31 bits per heavy atom. The number of carbonyl (C=O) groups excluding carboxylic acids is 2. The van der Waals surface area contributed by atoms with E-state index in [0.29, 0.717) is 26.2 Å². The Morgan fingerprint density at radius 1 is 1.00 bits per heavy atom. The molecular formula is C22H25N3O7. The molecule has 1 aliphatic heterocycles. The second-order valence-electron chi connectivity index (χ2n) is 7.34. The highest BCUT2D eigenvalue weighted by atomic mass is 16.6. The number of piperazine rings is 1. The predicted molar refractivity (Wildman–Crippen MR) is 115 cm³/mol. The molecule has 2 aromatic rings. The van der Waals surface area contributed by atoms with Crippen molar-refractivity contribution >= 4 is 17.5 Å². The number of nitro benzene ring substituents is 1. The van der Waals surface area contributed by atoms with Gasteiger partial charge in [0.2, 0.25) is 5.91 Å². The second kappa shape index (κ2) is 10.5. The minimum Gasteiger partial charge on any atom is -0.504 e. The molecule has 3 rings (SSSR count). The first-order chi connectivity index (χ1) is 15.3. The van der Waals surface area contributed by atoms with Gasteiger partial charge < -0.3 is 24.4 Å². The maximum Gasteiger partial charge on any atom is 0.311 e. The lowest BCUT2D eigenvalue weighted by Crippen LogP contribution is -2.51. The van der Waals surface area contributed by atoms with Gasteiger partial charge in [-0.05, 0) is 30.7 Å². The number of aryl methyl sites for hydroxylation is 1. The van der Waals surface area contributed by atoms with E-state index in [2.05, 4.69) is 0 Å². The lowest BCUT2D eigenvalue weighted by atomic mass is 10.2. The number of rotatable bonds is 8. The summed E-state index contributed by atoms with van der Waals surface area (Å²) in [6.07, 6.45) is 0.0787. The molecule has 0 atom stereocenters. The standard InChI is InChI=1S/C22H25N3O7/c1-16-6-7-19(17(14-16)25(29)30)31-13-8-21(27)23-9-11-24(12-10-23)22(28)15-32-20-5-3-2-4-18(20)26/h2-7,14,26H,8-13,15H2,1H3. The van der Waals surface area contributed by atoms with Crippen molar-refractivity contribution in [3.05, 3.63) is 58.1 Å². The maximum absolute atomic E-state index is 12.4. The van der Waals surface area contributed by atoms with Gasteiger partial charge in [0, 0.05) is 32.2 Å². The molecule has 1 aliphatic rings. The third-order valence-electron chi connectivity index (χ3n) is 5.09. The zero-order valence-electron chi connectivity index (χ0n) is 17.7. The lowest BCUT2D eigenvalue weighted by Gasteiger charge is -2.34. The van der Waals surface area contributed by atoms with E-state index in [1.165, 1.54) is 18.2 Å². The Balaban J connectivity index is 1.41. The van der Waals surface area contributed by atoms with Crippen molar-refractivity contribution in [1.29, 1.82) is 0 Å². The molecule has 1 N–H and O–H groups in total. The second-order valence-corrected chi connectivity index (χ2v) is 7.34. The van der Waals surface area contributed by atoms with Crippen LogP contribution in [0.2, 0.25) is 0 Å². The summed E-state index contributed by atoms with van der Waals surface area (Å²) in [5.74, 6) is -0.0293. The summed E-state index contributed by atoms with van der Waals surface area (Å²) in [5, 5.41) is 20.8. The third kappa shape index (κ3) is 5.87. The smallest absolute Gasteiger partial charge is 0.311 e. The fourth-order valence-electron chi connectivity index (χ4n) is 3.31. The van der Waals surface area contributed by atoms with E-state index in [4.69, 9.17) is 9.47 Å². The Labute approximate surface area is 185 Å². The van der Waals surface area contributed by atoms with Gasteiger partial charge in [0.15, 0.2) is 23.9 Å². The van der Waals surface area contributed by atoms with E-state index in [1.54, 1.807) is 41.0 Å². The molecule has 10 nitrogen and oxygen atoms in total. The van der Waals surface area contributed by atoms with Crippen molar-refractivity contribution in [1.82, 2.24) is 9.80 Å². The van der Waals surface area contributed by atoms with Crippen LogP contribution in [-0.2, 0) is 9.59 Å². The van der Waals surface area contributed by atoms with Crippen LogP contribution in [0, 0.1) is 17.0 Å². The Kier molecular flexibility index (Phi) is 7.48. The van der Waals surface area contributed by atoms with Crippen LogP contribution in [0.15, 0.2) is 42.5 Å². The average molecular weight is 443 g/mol. The summed E-state index contributed by atoms with van der Waals surface area (Å²) in [6, 6.07) is 11.1. The zero-order chi connectivity index (χ0) is 23.1. The minimum absolute atomic E-state index is 0.0241. The SMILES string of the molecule is Cc1ccc(OCCC(=O)N2CCN(C(=O)COc3ccccc3O)CC2)c([N+](=O)[O-])c1. The molecule has 0 unspecified atom stereocenters. The first-order valence-electron chi connectivity index (χ1n) is 10.2. The summed E-state index contributed by atoms with van der Waals surface area (Å²) < 4.78 is 10.8. The summed E-state index contributed by atoms with van der Waals surface area (Å²) in [6.45, 7) is 3.09. The van der Waals surface area contributed by atoms with E-state index in [0.717, 1.165) is 5.56 Å². The molecule has 2 amide bonds. The van der Waals surface area contributed by atoms with E-state index < -0.39 is 4.92 Å². The highest BCUT2D eigenvalue weighted by molar-refractivity contribution is 5.79. The first-order valence-corrected chi connectivity index (χ1v) is 10.2. The summed E-state index contributed by atoms with van der Waals surface area (Å²) in [5.41, 5.74) is 0.620. The van der Waals surface area contributed by atoms with Gasteiger partial charge in [-0.25, -0.2) is 0 Å². The molecular weight excluding hydrogens is 418 g/mol. The van der Waals surface area contributed by atoms with Gasteiger partial charge >= 0.3 is 5.69 Å². The Hall–Kier alpha value is -3.82. The van der Waals surface area contributed by atoms with Gasteiger partial charge in [0.05, 0.1) is 18.0 Å². The number of para-hydroxylation sites is 2. The molecule has 10 heteroatoms. The van der Waals surface area contributed by atoms with Crippen LogP contribution in [0.5, 0.6) is 17.2 Å². The number of benzene rings is 2. The largest absolute Gasteiger partial charge is 0.504 e. The number of carbonyl (C=O) groups is 2. The van der Waals surface area contributed by atoms with Gasteiger partial charge in [-0.15, -0.1) is 0 Å². The van der Waals surface area contributed by atoms with Crippen LogP contribution in [0.25, 0.3) is 0 Å². The van der Waals surface area contributed by atoms with Crippen molar-refractivity contribution in [2.75, 3.05) is 39.4 Å². The van der Waals surface area contributed by atoms with Crippen LogP contribution in [-0.4, -0.2) is 71.0 Å². The van der Waals surface area contributed by atoms with Gasteiger partial charge in [-0.1, -0.05) is 18.2 Å². The quantitative estimate of drug-likeness (QED) is 0.490. The molecule has 1 fully saturated rings. The van der Waals surface area contributed by atoms with E-state index in [1.807, 2.05) is 0 Å². The predicted octanol–water partition coefficient (Wildman–Crippen LogP) is 2.13. The zero-order valence-corrected chi connectivity index (χ0v) is 17.7. The van der Waals surface area contributed by atoms with Gasteiger partial charge in [-0.2, -0.15) is 0 Å². The fraction of sp³-hybridized carbons (Fsp3) is 0.364. The Bertz CT molecular complexity index is 987. The molecule has 32 heavy (non-hydrogen) atoms. The van der Waals surface area contributed by atoms with Gasteiger partial charge in [0.25, 0.3) is 5.91 Å². The van der Waals surface area contributed by atoms with E-state index in [9.17, 15) is 24.8 Å². The summed E-state index contributed by atoms with van der Waals surface area (Å²) >= 11 is 0.